The van der Waals surface area contributed by atoms with Crippen molar-refractivity contribution in [1.82, 2.24) is 5.48 Å². The van der Waals surface area contributed by atoms with Crippen molar-refractivity contribution in [3.05, 3.63) is 0 Å². The molecular weight excluding hydrogens is 128 g/mol. The van der Waals surface area contributed by atoms with Gasteiger partial charge in [-0.1, -0.05) is 6.42 Å². The maximum Gasteiger partial charge on any atom is 0.0572 e. The first-order chi connectivity index (χ1) is 4.83. The quantitative estimate of drug-likeness (QED) is 0.552. The molecular formula is C7H16N2O. The Labute approximate surface area is 61.9 Å². The van der Waals surface area contributed by atoms with E-state index in [0.717, 1.165) is 6.42 Å². The van der Waals surface area contributed by atoms with Crippen LogP contribution in [0.2, 0.25) is 0 Å². The molecule has 0 heterocycles. The number of hydrogen-bond donors (Lipinski definition) is 2. The lowest BCUT2D eigenvalue weighted by molar-refractivity contribution is 0.0463. The molecule has 10 heavy (non-hydrogen) atoms. The van der Waals surface area contributed by atoms with Crippen molar-refractivity contribution in [2.45, 2.75) is 37.8 Å². The predicted molar refractivity (Wildman–Crippen MR) is 40.4 cm³/mol. The molecule has 0 aromatic carbocycles. The molecule has 3 heteroatoms. The Morgan fingerprint density at radius 1 is 1.50 bits per heavy atom. The number of nitrogens with two attached hydrogens (primary N) is 1. The highest BCUT2D eigenvalue weighted by atomic mass is 16.6. The molecule has 0 aromatic rings. The molecule has 2 atom stereocenters. The Kier molecular flexibility index (Phi) is 3.12. The second-order valence-corrected chi connectivity index (χ2v) is 2.95. The summed E-state index contributed by atoms with van der Waals surface area (Å²) in [4.78, 5) is 4.82. The maximum atomic E-state index is 5.76. The molecule has 0 aliphatic heterocycles. The van der Waals surface area contributed by atoms with Gasteiger partial charge in [-0.25, -0.2) is 0 Å². The number of nitrogens with one attached hydrogen (secondary N) is 1. The van der Waals surface area contributed by atoms with Crippen LogP contribution in [0.25, 0.3) is 0 Å². The van der Waals surface area contributed by atoms with Gasteiger partial charge in [-0.05, 0) is 19.3 Å². The van der Waals surface area contributed by atoms with Crippen molar-refractivity contribution in [3.8, 4) is 0 Å². The predicted octanol–water partition coefficient (Wildman–Crippen LogP) is 0.407. The van der Waals surface area contributed by atoms with E-state index in [0.29, 0.717) is 12.1 Å². The lowest BCUT2D eigenvalue weighted by Gasteiger charge is -2.26. The van der Waals surface area contributed by atoms with Gasteiger partial charge in [0.25, 0.3) is 0 Å². The fraction of sp³-hybridized carbons (Fsp3) is 1.00. The average Bonchev–Trinajstić information content (AvgIpc) is 1.88. The fourth-order valence-corrected chi connectivity index (χ4v) is 1.50. The van der Waals surface area contributed by atoms with Crippen LogP contribution in [0.3, 0.4) is 0 Å². The zero-order valence-electron chi connectivity index (χ0n) is 6.47. The molecule has 0 aromatic heterocycles. The first-order valence-electron chi connectivity index (χ1n) is 3.87. The van der Waals surface area contributed by atoms with Gasteiger partial charge < -0.3 is 10.6 Å². The third kappa shape index (κ3) is 2.25. The highest BCUT2D eigenvalue weighted by molar-refractivity contribution is 4.77. The molecule has 0 amide bonds. The molecule has 1 fully saturated rings. The van der Waals surface area contributed by atoms with E-state index >= 15 is 0 Å². The number of hydrogen-bond acceptors (Lipinski definition) is 3. The molecule has 1 aliphatic rings. The summed E-state index contributed by atoms with van der Waals surface area (Å²) in [7, 11) is 1.65. The zero-order valence-corrected chi connectivity index (χ0v) is 6.47. The van der Waals surface area contributed by atoms with Crippen LogP contribution in [0.1, 0.15) is 25.7 Å². The minimum atomic E-state index is 0.376. The fourth-order valence-electron chi connectivity index (χ4n) is 1.50. The van der Waals surface area contributed by atoms with E-state index in [4.69, 9.17) is 10.6 Å². The Hall–Kier alpha value is -0.120. The SMILES string of the molecule is CONC1CCCC(N)C1. The largest absolute Gasteiger partial charge is 0.328 e. The van der Waals surface area contributed by atoms with Crippen LogP contribution in [0.15, 0.2) is 0 Å². The van der Waals surface area contributed by atoms with Crippen LogP contribution in [0.5, 0.6) is 0 Å². The van der Waals surface area contributed by atoms with E-state index < -0.39 is 0 Å². The van der Waals surface area contributed by atoms with Crippen LogP contribution in [-0.4, -0.2) is 19.2 Å². The van der Waals surface area contributed by atoms with Gasteiger partial charge in [0, 0.05) is 12.1 Å². The van der Waals surface area contributed by atoms with E-state index in [2.05, 4.69) is 5.48 Å². The molecule has 3 N–H and O–H groups in total. The van der Waals surface area contributed by atoms with Gasteiger partial charge in [-0.15, -0.1) is 0 Å². The Morgan fingerprint density at radius 2 is 2.30 bits per heavy atom. The Bertz CT molecular complexity index is 95.6. The highest BCUT2D eigenvalue weighted by Crippen LogP contribution is 2.16. The average molecular weight is 144 g/mol. The monoisotopic (exact) mass is 144 g/mol. The van der Waals surface area contributed by atoms with Crippen molar-refractivity contribution in [3.63, 3.8) is 0 Å². The lowest BCUT2D eigenvalue weighted by atomic mass is 9.92. The summed E-state index contributed by atoms with van der Waals surface area (Å²) < 4.78 is 0. The van der Waals surface area contributed by atoms with Crippen molar-refractivity contribution < 1.29 is 4.84 Å². The van der Waals surface area contributed by atoms with Gasteiger partial charge >= 0.3 is 0 Å². The second kappa shape index (κ2) is 3.91. The van der Waals surface area contributed by atoms with Crippen LogP contribution < -0.4 is 11.2 Å². The van der Waals surface area contributed by atoms with Gasteiger partial charge in [0.05, 0.1) is 7.11 Å². The molecule has 1 aliphatic carbocycles. The molecule has 3 nitrogen and oxygen atoms in total. The number of hydroxylamine groups is 1. The minimum Gasteiger partial charge on any atom is -0.328 e. The van der Waals surface area contributed by atoms with Crippen LogP contribution in [0, 0.1) is 0 Å². The summed E-state index contributed by atoms with van der Waals surface area (Å²) in [6.45, 7) is 0. The smallest absolute Gasteiger partial charge is 0.0572 e. The summed E-state index contributed by atoms with van der Waals surface area (Å²) in [5.74, 6) is 0. The highest BCUT2D eigenvalue weighted by Gasteiger charge is 2.18. The first-order valence-corrected chi connectivity index (χ1v) is 3.87. The normalized spacial score (nSPS) is 34.2. The van der Waals surface area contributed by atoms with Crippen molar-refractivity contribution in [2.24, 2.45) is 5.73 Å². The third-order valence-electron chi connectivity index (χ3n) is 2.00. The van der Waals surface area contributed by atoms with E-state index in [1.54, 1.807) is 7.11 Å². The molecule has 1 saturated carbocycles. The summed E-state index contributed by atoms with van der Waals surface area (Å²) in [5, 5.41) is 0. The molecule has 0 spiro atoms. The summed E-state index contributed by atoms with van der Waals surface area (Å²) >= 11 is 0. The van der Waals surface area contributed by atoms with E-state index in [1.165, 1.54) is 19.3 Å². The zero-order chi connectivity index (χ0) is 7.40. The standard InChI is InChI=1S/C7H16N2O/c1-10-9-7-4-2-3-6(8)5-7/h6-7,9H,2-5,8H2,1H3. The molecule has 0 saturated heterocycles. The van der Waals surface area contributed by atoms with E-state index in [9.17, 15) is 0 Å². The minimum absolute atomic E-state index is 0.376. The van der Waals surface area contributed by atoms with Gasteiger partial charge in [-0.2, -0.15) is 5.48 Å². The van der Waals surface area contributed by atoms with Crippen molar-refractivity contribution in [2.75, 3.05) is 7.11 Å². The van der Waals surface area contributed by atoms with E-state index in [1.807, 2.05) is 0 Å². The molecule has 1 rings (SSSR count). The molecule has 0 bridgehead atoms. The molecule has 2 unspecified atom stereocenters. The second-order valence-electron chi connectivity index (χ2n) is 2.95. The first kappa shape index (κ1) is 7.98. The molecule has 0 radical (unpaired) electrons. The summed E-state index contributed by atoms with van der Waals surface area (Å²) in [6.07, 6.45) is 4.64. The van der Waals surface area contributed by atoms with Gasteiger partial charge in [-0.3, -0.25) is 0 Å². The van der Waals surface area contributed by atoms with Gasteiger partial charge in [0.2, 0.25) is 0 Å². The Morgan fingerprint density at radius 3 is 2.90 bits per heavy atom. The lowest BCUT2D eigenvalue weighted by Crippen LogP contribution is -2.38. The van der Waals surface area contributed by atoms with Crippen LogP contribution in [-0.2, 0) is 4.84 Å². The summed E-state index contributed by atoms with van der Waals surface area (Å²) in [5.41, 5.74) is 8.69. The van der Waals surface area contributed by atoms with E-state index in [-0.39, 0.29) is 0 Å². The third-order valence-corrected chi connectivity index (χ3v) is 2.00. The Balaban J connectivity index is 2.18. The van der Waals surface area contributed by atoms with Gasteiger partial charge in [0.15, 0.2) is 0 Å². The van der Waals surface area contributed by atoms with Gasteiger partial charge in [0.1, 0.15) is 0 Å². The van der Waals surface area contributed by atoms with Crippen LogP contribution in [0.4, 0.5) is 0 Å². The van der Waals surface area contributed by atoms with Crippen LogP contribution >= 0.6 is 0 Å². The molecule has 60 valence electrons. The van der Waals surface area contributed by atoms with Crippen molar-refractivity contribution in [1.29, 1.82) is 0 Å². The topological polar surface area (TPSA) is 47.3 Å². The summed E-state index contributed by atoms with van der Waals surface area (Å²) in [6, 6.07) is 0.857. The number of rotatable bonds is 2. The maximum absolute atomic E-state index is 5.76. The van der Waals surface area contributed by atoms with Crippen molar-refractivity contribution >= 4 is 0 Å².